The zero-order valence-corrected chi connectivity index (χ0v) is 15.0. The number of hydrogen-bond acceptors (Lipinski definition) is 6. The fourth-order valence-corrected chi connectivity index (χ4v) is 3.10. The van der Waals surface area contributed by atoms with E-state index in [9.17, 15) is 10.1 Å². The van der Waals surface area contributed by atoms with Gasteiger partial charge in [0.25, 0.3) is 0 Å². The predicted molar refractivity (Wildman–Crippen MR) is 90.9 cm³/mol. The van der Waals surface area contributed by atoms with Crippen molar-refractivity contribution in [3.63, 3.8) is 0 Å². The van der Waals surface area contributed by atoms with Crippen LogP contribution < -0.4 is 5.32 Å². The van der Waals surface area contributed by atoms with Crippen molar-refractivity contribution in [3.8, 4) is 6.07 Å². The van der Waals surface area contributed by atoms with Crippen LogP contribution in [0.3, 0.4) is 0 Å². The summed E-state index contributed by atoms with van der Waals surface area (Å²) in [6, 6.07) is 2.45. The monoisotopic (exact) mass is 334 g/mol. The van der Waals surface area contributed by atoms with E-state index in [2.05, 4.69) is 23.3 Å². The number of ether oxygens (including phenoxy) is 1. The summed E-state index contributed by atoms with van der Waals surface area (Å²) >= 11 is 0. The highest BCUT2D eigenvalue weighted by molar-refractivity contribution is 5.92. The van der Waals surface area contributed by atoms with Crippen LogP contribution in [0.4, 0.5) is 5.88 Å². The van der Waals surface area contributed by atoms with E-state index in [0.717, 1.165) is 25.1 Å². The molecule has 0 aliphatic carbocycles. The summed E-state index contributed by atoms with van der Waals surface area (Å²) in [5.74, 6) is 0.698. The number of carbonyl (C=O) groups is 1. The van der Waals surface area contributed by atoms with E-state index in [1.54, 1.807) is 21.0 Å². The number of aryl methyl sites for hydroxylation is 1. The number of nitrogens with one attached hydrogen (secondary N) is 1. The minimum atomic E-state index is -0.188. The molecule has 1 fully saturated rings. The van der Waals surface area contributed by atoms with Gasteiger partial charge in [-0.2, -0.15) is 5.26 Å². The van der Waals surface area contributed by atoms with Gasteiger partial charge in [-0.3, -0.25) is 19.9 Å². The molecule has 0 aromatic carbocycles. The van der Waals surface area contributed by atoms with Crippen molar-refractivity contribution in [1.82, 2.24) is 9.80 Å². The lowest BCUT2D eigenvalue weighted by atomic mass is 10.2. The number of amides is 1. The SMILES string of the molecule is CO[C@H]1C[C@@H](CN(C)CC(=O)Nc2oc(C)c(C)c2C#N)N(C)C1. The van der Waals surface area contributed by atoms with Gasteiger partial charge in [0.2, 0.25) is 11.8 Å². The Balaban J connectivity index is 1.89. The van der Waals surface area contributed by atoms with Gasteiger partial charge in [0.15, 0.2) is 0 Å². The number of carbonyl (C=O) groups excluding carboxylic acids is 1. The van der Waals surface area contributed by atoms with Crippen LogP contribution in [-0.2, 0) is 9.53 Å². The predicted octanol–water partition coefficient (Wildman–Crippen LogP) is 1.36. The zero-order valence-electron chi connectivity index (χ0n) is 15.0. The molecule has 0 unspecified atom stereocenters. The average molecular weight is 334 g/mol. The highest BCUT2D eigenvalue weighted by atomic mass is 16.5. The maximum Gasteiger partial charge on any atom is 0.240 e. The third-order valence-corrected chi connectivity index (χ3v) is 4.67. The molecule has 0 saturated carbocycles. The van der Waals surface area contributed by atoms with Crippen molar-refractivity contribution in [2.24, 2.45) is 0 Å². The van der Waals surface area contributed by atoms with Crippen LogP contribution in [0.25, 0.3) is 0 Å². The van der Waals surface area contributed by atoms with E-state index in [0.29, 0.717) is 17.4 Å². The third-order valence-electron chi connectivity index (χ3n) is 4.67. The summed E-state index contributed by atoms with van der Waals surface area (Å²) in [6.07, 6.45) is 1.23. The first-order chi connectivity index (χ1) is 11.3. The van der Waals surface area contributed by atoms with E-state index < -0.39 is 0 Å². The minimum Gasteiger partial charge on any atom is -0.444 e. The zero-order chi connectivity index (χ0) is 17.9. The summed E-state index contributed by atoms with van der Waals surface area (Å²) in [6.45, 7) is 5.52. The molecule has 1 aromatic rings. The van der Waals surface area contributed by atoms with Crippen LogP contribution >= 0.6 is 0 Å². The molecule has 0 spiro atoms. The molecule has 1 aliphatic rings. The van der Waals surface area contributed by atoms with Gasteiger partial charge >= 0.3 is 0 Å². The Kier molecular flexibility index (Phi) is 5.99. The lowest BCUT2D eigenvalue weighted by molar-refractivity contribution is -0.117. The van der Waals surface area contributed by atoms with Crippen molar-refractivity contribution in [2.75, 3.05) is 46.2 Å². The summed E-state index contributed by atoms with van der Waals surface area (Å²) in [5.41, 5.74) is 1.15. The number of anilines is 1. The van der Waals surface area contributed by atoms with Gasteiger partial charge in [0, 0.05) is 31.8 Å². The molecule has 1 amide bonds. The van der Waals surface area contributed by atoms with Gasteiger partial charge in [-0.25, -0.2) is 0 Å². The molecule has 0 bridgehead atoms. The number of nitriles is 1. The molecule has 24 heavy (non-hydrogen) atoms. The van der Waals surface area contributed by atoms with Crippen molar-refractivity contribution < 1.29 is 13.9 Å². The van der Waals surface area contributed by atoms with Crippen LogP contribution in [0.1, 0.15) is 23.3 Å². The van der Waals surface area contributed by atoms with Gasteiger partial charge in [-0.1, -0.05) is 0 Å². The number of rotatable bonds is 6. The number of likely N-dealkylation sites (tertiary alicyclic amines) is 1. The van der Waals surface area contributed by atoms with Crippen LogP contribution in [0, 0.1) is 25.2 Å². The van der Waals surface area contributed by atoms with Crippen LogP contribution in [-0.4, -0.2) is 68.7 Å². The molecule has 132 valence electrons. The van der Waals surface area contributed by atoms with Crippen molar-refractivity contribution >= 4 is 11.8 Å². The summed E-state index contributed by atoms with van der Waals surface area (Å²) < 4.78 is 10.9. The smallest absolute Gasteiger partial charge is 0.240 e. The Labute approximate surface area is 143 Å². The second-order valence-electron chi connectivity index (χ2n) is 6.53. The van der Waals surface area contributed by atoms with E-state index in [-0.39, 0.29) is 24.4 Å². The molecule has 2 heterocycles. The van der Waals surface area contributed by atoms with E-state index >= 15 is 0 Å². The number of likely N-dealkylation sites (N-methyl/N-ethyl adjacent to an activating group) is 2. The Bertz CT molecular complexity index is 635. The largest absolute Gasteiger partial charge is 0.444 e. The van der Waals surface area contributed by atoms with Crippen molar-refractivity contribution in [1.29, 1.82) is 5.26 Å². The standard InChI is InChI=1S/C17H26N4O3/c1-11-12(2)24-17(15(11)7-18)19-16(22)10-20(3)8-13-6-14(23-5)9-21(13)4/h13-14H,6,8-10H2,1-5H3,(H,19,22)/t13-,14-/m0/s1. The first-order valence-electron chi connectivity index (χ1n) is 8.07. The van der Waals surface area contributed by atoms with E-state index in [1.807, 2.05) is 11.9 Å². The summed E-state index contributed by atoms with van der Waals surface area (Å²) in [5, 5.41) is 11.9. The fourth-order valence-electron chi connectivity index (χ4n) is 3.10. The number of hydrogen-bond donors (Lipinski definition) is 1. The fraction of sp³-hybridized carbons (Fsp3) is 0.647. The molecule has 7 heteroatoms. The Hall–Kier alpha value is -1.88. The molecule has 2 atom stereocenters. The van der Waals surface area contributed by atoms with Crippen LogP contribution in [0.15, 0.2) is 4.42 Å². The molecule has 0 radical (unpaired) electrons. The van der Waals surface area contributed by atoms with Gasteiger partial charge in [-0.15, -0.1) is 0 Å². The van der Waals surface area contributed by atoms with Crippen molar-refractivity contribution in [3.05, 3.63) is 16.9 Å². The second kappa shape index (κ2) is 7.79. The molecule has 1 N–H and O–H groups in total. The van der Waals surface area contributed by atoms with Gasteiger partial charge in [0.05, 0.1) is 12.6 Å². The quantitative estimate of drug-likeness (QED) is 0.846. The van der Waals surface area contributed by atoms with E-state index in [4.69, 9.17) is 9.15 Å². The first kappa shape index (κ1) is 18.5. The van der Waals surface area contributed by atoms with Gasteiger partial charge in [0.1, 0.15) is 17.4 Å². The molecule has 1 saturated heterocycles. The number of methoxy groups -OCH3 is 1. The average Bonchev–Trinajstić information content (AvgIpc) is 2.99. The topological polar surface area (TPSA) is 81.7 Å². The third kappa shape index (κ3) is 4.15. The molecule has 1 aliphatic heterocycles. The molecular weight excluding hydrogens is 308 g/mol. The molecule has 2 rings (SSSR count). The van der Waals surface area contributed by atoms with Gasteiger partial charge < -0.3 is 9.15 Å². The number of nitrogens with zero attached hydrogens (tertiary/aromatic N) is 3. The Morgan fingerprint density at radius 1 is 1.54 bits per heavy atom. The van der Waals surface area contributed by atoms with Gasteiger partial charge in [-0.05, 0) is 34.4 Å². The molecule has 7 nitrogen and oxygen atoms in total. The Morgan fingerprint density at radius 3 is 2.83 bits per heavy atom. The van der Waals surface area contributed by atoms with Crippen LogP contribution in [0.2, 0.25) is 0 Å². The summed E-state index contributed by atoms with van der Waals surface area (Å²) in [4.78, 5) is 16.5. The Morgan fingerprint density at radius 2 is 2.25 bits per heavy atom. The second-order valence-corrected chi connectivity index (χ2v) is 6.53. The van der Waals surface area contributed by atoms with Crippen LogP contribution in [0.5, 0.6) is 0 Å². The van der Waals surface area contributed by atoms with E-state index in [1.165, 1.54) is 0 Å². The minimum absolute atomic E-state index is 0.188. The lowest BCUT2D eigenvalue weighted by Gasteiger charge is -2.24. The maximum atomic E-state index is 12.2. The number of furan rings is 1. The first-order valence-corrected chi connectivity index (χ1v) is 8.07. The van der Waals surface area contributed by atoms with Crippen molar-refractivity contribution in [2.45, 2.75) is 32.4 Å². The highest BCUT2D eigenvalue weighted by Crippen LogP contribution is 2.25. The summed E-state index contributed by atoms with van der Waals surface area (Å²) in [7, 11) is 5.72. The molecule has 1 aromatic heterocycles. The molecular formula is C17H26N4O3. The maximum absolute atomic E-state index is 12.2. The normalized spacial score (nSPS) is 21.2. The lowest BCUT2D eigenvalue weighted by Crippen LogP contribution is -2.40. The highest BCUT2D eigenvalue weighted by Gasteiger charge is 2.30.